The molecule has 0 aliphatic heterocycles. The number of hydrogen-bond donors (Lipinski definition) is 1. The Kier molecular flexibility index (Phi) is 1.53. The topological polar surface area (TPSA) is 37.3 Å². The molecule has 0 aromatic rings. The average Bonchev–Trinajstić information content (AvgIpc) is 2.03. The van der Waals surface area contributed by atoms with Gasteiger partial charge in [0.1, 0.15) is 5.78 Å². The molecule has 0 heterocycles. The van der Waals surface area contributed by atoms with Crippen LogP contribution in [-0.2, 0) is 4.79 Å². The summed E-state index contributed by atoms with van der Waals surface area (Å²) in [5.74, 6) is 1.14. The highest BCUT2D eigenvalue weighted by atomic mass is 16.3. The van der Waals surface area contributed by atoms with E-state index in [0.717, 1.165) is 19.3 Å². The molecule has 2 heteroatoms. The van der Waals surface area contributed by atoms with E-state index in [-0.39, 0.29) is 17.9 Å². The Morgan fingerprint density at radius 1 is 1.55 bits per heavy atom. The molecule has 0 amide bonds. The van der Waals surface area contributed by atoms with Gasteiger partial charge in [0.25, 0.3) is 0 Å². The van der Waals surface area contributed by atoms with Crippen LogP contribution in [0.2, 0.25) is 0 Å². The highest BCUT2D eigenvalue weighted by Crippen LogP contribution is 2.47. The van der Waals surface area contributed by atoms with Crippen LogP contribution in [0.5, 0.6) is 0 Å². The van der Waals surface area contributed by atoms with Crippen molar-refractivity contribution in [3.05, 3.63) is 0 Å². The van der Waals surface area contributed by atoms with Gasteiger partial charge in [-0.25, -0.2) is 0 Å². The molecular weight excluding hydrogens is 140 g/mol. The normalized spacial score (nSPS) is 49.8. The molecule has 11 heavy (non-hydrogen) atoms. The average molecular weight is 154 g/mol. The van der Waals surface area contributed by atoms with Crippen LogP contribution in [0.25, 0.3) is 0 Å². The summed E-state index contributed by atoms with van der Waals surface area (Å²) in [6, 6.07) is 0. The Balaban J connectivity index is 2.11. The monoisotopic (exact) mass is 154 g/mol. The minimum absolute atomic E-state index is 0.191. The lowest BCUT2D eigenvalue weighted by Crippen LogP contribution is -2.55. The maximum absolute atomic E-state index is 11.3. The molecule has 2 saturated carbocycles. The quantitative estimate of drug-likeness (QED) is 0.564. The molecular formula is C9H14O2. The third-order valence-electron chi connectivity index (χ3n) is 3.34. The summed E-state index contributed by atoms with van der Waals surface area (Å²) >= 11 is 0. The summed E-state index contributed by atoms with van der Waals surface area (Å²) in [6.45, 7) is 1.98. The first-order valence-electron chi connectivity index (χ1n) is 4.42. The molecule has 0 spiro atoms. The van der Waals surface area contributed by atoms with E-state index in [1.54, 1.807) is 0 Å². The Hall–Kier alpha value is -0.370. The zero-order valence-electron chi connectivity index (χ0n) is 6.79. The number of ketones is 1. The molecule has 62 valence electrons. The maximum atomic E-state index is 11.3. The standard InChI is InChI=1S/C9H14O2/c1-5-8-6(9(5)11)3-2-4-7(8)10/h5-6,8-9,11H,2-4H2,1H3. The zero-order chi connectivity index (χ0) is 8.01. The predicted octanol–water partition coefficient (Wildman–Crippen LogP) is 0.982. The third kappa shape index (κ3) is 0.853. The van der Waals surface area contributed by atoms with Crippen molar-refractivity contribution >= 4 is 5.78 Å². The Labute approximate surface area is 66.6 Å². The van der Waals surface area contributed by atoms with Crippen LogP contribution in [0.4, 0.5) is 0 Å². The molecule has 0 aromatic heterocycles. The van der Waals surface area contributed by atoms with Gasteiger partial charge >= 0.3 is 0 Å². The Morgan fingerprint density at radius 2 is 2.27 bits per heavy atom. The van der Waals surface area contributed by atoms with Crippen molar-refractivity contribution in [2.75, 3.05) is 0 Å². The van der Waals surface area contributed by atoms with E-state index in [9.17, 15) is 9.90 Å². The van der Waals surface area contributed by atoms with E-state index in [0.29, 0.717) is 11.7 Å². The van der Waals surface area contributed by atoms with E-state index in [4.69, 9.17) is 0 Å². The number of rotatable bonds is 0. The van der Waals surface area contributed by atoms with Gasteiger partial charge in [0.2, 0.25) is 0 Å². The summed E-state index contributed by atoms with van der Waals surface area (Å²) in [5.41, 5.74) is 0. The van der Waals surface area contributed by atoms with Crippen LogP contribution >= 0.6 is 0 Å². The van der Waals surface area contributed by atoms with Crippen LogP contribution in [0.1, 0.15) is 26.2 Å². The number of Topliss-reactive ketones (excluding diaryl/α,β-unsaturated/α-hetero) is 1. The number of aliphatic hydroxyl groups excluding tert-OH is 1. The first-order chi connectivity index (χ1) is 5.22. The lowest BCUT2D eigenvalue weighted by Gasteiger charge is -2.49. The van der Waals surface area contributed by atoms with E-state index >= 15 is 0 Å². The fourth-order valence-corrected chi connectivity index (χ4v) is 2.62. The molecule has 0 bridgehead atoms. The second kappa shape index (κ2) is 2.31. The van der Waals surface area contributed by atoms with Gasteiger partial charge in [-0.2, -0.15) is 0 Å². The third-order valence-corrected chi connectivity index (χ3v) is 3.34. The molecule has 0 saturated heterocycles. The van der Waals surface area contributed by atoms with Crippen LogP contribution in [-0.4, -0.2) is 17.0 Å². The van der Waals surface area contributed by atoms with Crippen molar-refractivity contribution in [2.24, 2.45) is 17.8 Å². The van der Waals surface area contributed by atoms with Crippen LogP contribution in [0, 0.1) is 17.8 Å². The van der Waals surface area contributed by atoms with E-state index in [2.05, 4.69) is 0 Å². The minimum atomic E-state index is -0.191. The number of hydrogen-bond acceptors (Lipinski definition) is 2. The summed E-state index contributed by atoms with van der Waals surface area (Å²) in [6.07, 6.45) is 2.61. The Morgan fingerprint density at radius 3 is 2.91 bits per heavy atom. The molecule has 2 fully saturated rings. The van der Waals surface area contributed by atoms with Crippen molar-refractivity contribution in [1.29, 1.82) is 0 Å². The fourth-order valence-electron chi connectivity index (χ4n) is 2.62. The van der Waals surface area contributed by atoms with E-state index in [1.165, 1.54) is 0 Å². The molecule has 2 aliphatic carbocycles. The molecule has 4 atom stereocenters. The van der Waals surface area contributed by atoms with Gasteiger partial charge < -0.3 is 5.11 Å². The molecule has 2 rings (SSSR count). The second-order valence-electron chi connectivity index (χ2n) is 3.90. The van der Waals surface area contributed by atoms with Gasteiger partial charge in [0.15, 0.2) is 0 Å². The summed E-state index contributed by atoms with van der Waals surface area (Å²) in [5, 5.41) is 9.48. The molecule has 4 unspecified atom stereocenters. The molecule has 2 nitrogen and oxygen atoms in total. The highest BCUT2D eigenvalue weighted by Gasteiger charge is 2.51. The van der Waals surface area contributed by atoms with Crippen molar-refractivity contribution < 1.29 is 9.90 Å². The van der Waals surface area contributed by atoms with Gasteiger partial charge in [-0.15, -0.1) is 0 Å². The predicted molar refractivity (Wildman–Crippen MR) is 41.0 cm³/mol. The van der Waals surface area contributed by atoms with Gasteiger partial charge in [-0.1, -0.05) is 6.92 Å². The van der Waals surface area contributed by atoms with Crippen LogP contribution < -0.4 is 0 Å². The van der Waals surface area contributed by atoms with Crippen molar-refractivity contribution in [3.8, 4) is 0 Å². The number of aliphatic hydroxyl groups is 1. The van der Waals surface area contributed by atoms with Crippen molar-refractivity contribution in [3.63, 3.8) is 0 Å². The largest absolute Gasteiger partial charge is 0.393 e. The van der Waals surface area contributed by atoms with E-state index in [1.807, 2.05) is 6.92 Å². The maximum Gasteiger partial charge on any atom is 0.136 e. The Bertz CT molecular complexity index is 188. The van der Waals surface area contributed by atoms with Crippen molar-refractivity contribution in [2.45, 2.75) is 32.3 Å². The SMILES string of the molecule is CC1C(O)C2CCCC(=O)C12. The van der Waals surface area contributed by atoms with Crippen LogP contribution in [0.3, 0.4) is 0 Å². The molecule has 0 radical (unpaired) electrons. The summed E-state index contributed by atoms with van der Waals surface area (Å²) in [4.78, 5) is 11.3. The van der Waals surface area contributed by atoms with Gasteiger partial charge in [0.05, 0.1) is 6.10 Å². The minimum Gasteiger partial charge on any atom is -0.393 e. The first-order valence-corrected chi connectivity index (χ1v) is 4.42. The number of carbonyl (C=O) groups excluding carboxylic acids is 1. The number of fused-ring (bicyclic) bond motifs is 1. The summed E-state index contributed by atoms with van der Waals surface area (Å²) < 4.78 is 0. The first kappa shape index (κ1) is 7.29. The zero-order valence-corrected chi connectivity index (χ0v) is 6.79. The molecule has 0 aromatic carbocycles. The van der Waals surface area contributed by atoms with Gasteiger partial charge in [-0.3, -0.25) is 4.79 Å². The smallest absolute Gasteiger partial charge is 0.136 e. The van der Waals surface area contributed by atoms with Crippen molar-refractivity contribution in [1.82, 2.24) is 0 Å². The lowest BCUT2D eigenvalue weighted by molar-refractivity contribution is -0.154. The van der Waals surface area contributed by atoms with Gasteiger partial charge in [-0.05, 0) is 24.7 Å². The fraction of sp³-hybridized carbons (Fsp3) is 0.889. The number of carbonyl (C=O) groups is 1. The second-order valence-corrected chi connectivity index (χ2v) is 3.90. The molecule has 1 N–H and O–H groups in total. The summed E-state index contributed by atoms with van der Waals surface area (Å²) in [7, 11) is 0. The van der Waals surface area contributed by atoms with Gasteiger partial charge in [0, 0.05) is 12.3 Å². The van der Waals surface area contributed by atoms with E-state index < -0.39 is 0 Å². The van der Waals surface area contributed by atoms with Crippen LogP contribution in [0.15, 0.2) is 0 Å². The highest BCUT2D eigenvalue weighted by molar-refractivity contribution is 5.83. The molecule has 2 aliphatic rings. The lowest BCUT2D eigenvalue weighted by atomic mass is 9.57.